The molecule has 7 heteroatoms. The van der Waals surface area contributed by atoms with Crippen molar-refractivity contribution in [2.24, 2.45) is 5.92 Å². The number of amides is 2. The zero-order valence-electron chi connectivity index (χ0n) is 15.8. The van der Waals surface area contributed by atoms with Crippen molar-refractivity contribution in [1.82, 2.24) is 15.2 Å². The Labute approximate surface area is 154 Å². The van der Waals surface area contributed by atoms with Crippen molar-refractivity contribution in [2.75, 3.05) is 13.1 Å². The molecule has 0 saturated carbocycles. The molecule has 2 atom stereocenters. The first kappa shape index (κ1) is 19.7. The average Bonchev–Trinajstić information content (AvgIpc) is 2.89. The molecule has 2 rings (SSSR count). The molecule has 25 heavy (non-hydrogen) atoms. The molecule has 2 heterocycles. The van der Waals surface area contributed by atoms with Crippen LogP contribution in [0.25, 0.3) is 0 Å². The number of rotatable bonds is 4. The molecule has 0 aliphatic carbocycles. The van der Waals surface area contributed by atoms with Gasteiger partial charge in [0.2, 0.25) is 5.91 Å². The van der Waals surface area contributed by atoms with Crippen molar-refractivity contribution in [2.45, 2.75) is 65.5 Å². The Bertz CT molecular complexity index is 609. The van der Waals surface area contributed by atoms with Crippen LogP contribution in [0.15, 0.2) is 5.38 Å². The SMILES string of the molecule is Cc1nc(CC(=O)N2CCC[C@@H](C)[C@@H]2CNC(=O)OC(C)(C)C)cs1. The zero-order chi connectivity index (χ0) is 18.6. The number of carbonyl (C=O) groups is 2. The van der Waals surface area contributed by atoms with E-state index in [4.69, 9.17) is 4.74 Å². The van der Waals surface area contributed by atoms with Gasteiger partial charge in [-0.15, -0.1) is 11.3 Å². The van der Waals surface area contributed by atoms with Gasteiger partial charge in [0.25, 0.3) is 0 Å². The monoisotopic (exact) mass is 367 g/mol. The van der Waals surface area contributed by atoms with Crippen molar-refractivity contribution < 1.29 is 14.3 Å². The Hall–Kier alpha value is -1.63. The van der Waals surface area contributed by atoms with Crippen molar-refractivity contribution in [3.8, 4) is 0 Å². The van der Waals surface area contributed by atoms with E-state index < -0.39 is 11.7 Å². The number of likely N-dealkylation sites (tertiary alicyclic amines) is 1. The van der Waals surface area contributed by atoms with Gasteiger partial charge in [-0.3, -0.25) is 4.79 Å². The van der Waals surface area contributed by atoms with Crippen LogP contribution in [0.2, 0.25) is 0 Å². The number of thiazole rings is 1. The minimum Gasteiger partial charge on any atom is -0.444 e. The van der Waals surface area contributed by atoms with Crippen molar-refractivity contribution in [3.05, 3.63) is 16.1 Å². The molecule has 0 radical (unpaired) electrons. The van der Waals surface area contributed by atoms with E-state index in [1.807, 2.05) is 38.0 Å². The molecule has 0 bridgehead atoms. The maximum absolute atomic E-state index is 12.8. The van der Waals surface area contributed by atoms with E-state index in [9.17, 15) is 9.59 Å². The smallest absolute Gasteiger partial charge is 0.407 e. The largest absolute Gasteiger partial charge is 0.444 e. The van der Waals surface area contributed by atoms with Gasteiger partial charge in [-0.2, -0.15) is 0 Å². The number of nitrogens with one attached hydrogen (secondary N) is 1. The zero-order valence-corrected chi connectivity index (χ0v) is 16.6. The minimum atomic E-state index is -0.528. The van der Waals surface area contributed by atoms with E-state index in [2.05, 4.69) is 17.2 Å². The fourth-order valence-corrected chi connectivity index (χ4v) is 3.73. The molecule has 1 aliphatic rings. The summed E-state index contributed by atoms with van der Waals surface area (Å²) >= 11 is 1.56. The van der Waals surface area contributed by atoms with Crippen LogP contribution in [0.4, 0.5) is 4.79 Å². The van der Waals surface area contributed by atoms with Gasteiger partial charge < -0.3 is 15.0 Å². The van der Waals surface area contributed by atoms with Crippen LogP contribution < -0.4 is 5.32 Å². The van der Waals surface area contributed by atoms with Crippen LogP contribution in [0.1, 0.15) is 51.2 Å². The van der Waals surface area contributed by atoms with Crippen LogP contribution >= 0.6 is 11.3 Å². The summed E-state index contributed by atoms with van der Waals surface area (Å²) in [6, 6.07) is -0.00602. The number of nitrogens with zero attached hydrogens (tertiary/aromatic N) is 2. The summed E-state index contributed by atoms with van der Waals surface area (Å²) in [4.78, 5) is 31.0. The number of aromatic nitrogens is 1. The number of piperidine rings is 1. The van der Waals surface area contributed by atoms with Gasteiger partial charge in [-0.1, -0.05) is 6.92 Å². The first-order chi connectivity index (χ1) is 11.7. The highest BCUT2D eigenvalue weighted by Gasteiger charge is 2.32. The van der Waals surface area contributed by atoms with Gasteiger partial charge in [-0.05, 0) is 46.5 Å². The number of aryl methyl sites for hydroxylation is 1. The molecule has 0 unspecified atom stereocenters. The second kappa shape index (κ2) is 8.17. The number of alkyl carbamates (subject to hydrolysis) is 1. The summed E-state index contributed by atoms with van der Waals surface area (Å²) in [5.41, 5.74) is 0.296. The van der Waals surface area contributed by atoms with E-state index in [0.717, 1.165) is 30.1 Å². The number of hydrogen-bond acceptors (Lipinski definition) is 5. The van der Waals surface area contributed by atoms with Gasteiger partial charge in [0, 0.05) is 18.5 Å². The van der Waals surface area contributed by atoms with Crippen LogP contribution in [0.3, 0.4) is 0 Å². The molecule has 1 aliphatic heterocycles. The van der Waals surface area contributed by atoms with E-state index in [0.29, 0.717) is 18.9 Å². The van der Waals surface area contributed by atoms with Crippen LogP contribution in [-0.4, -0.2) is 46.6 Å². The third-order valence-electron chi connectivity index (χ3n) is 4.29. The summed E-state index contributed by atoms with van der Waals surface area (Å²) in [5.74, 6) is 0.414. The minimum absolute atomic E-state index is 0.00602. The fraction of sp³-hybridized carbons (Fsp3) is 0.722. The normalized spacial score (nSPS) is 21.1. The number of ether oxygens (including phenoxy) is 1. The molecule has 0 spiro atoms. The Morgan fingerprint density at radius 2 is 2.16 bits per heavy atom. The lowest BCUT2D eigenvalue weighted by atomic mass is 9.90. The summed E-state index contributed by atoms with van der Waals surface area (Å²) in [6.07, 6.45) is 1.93. The summed E-state index contributed by atoms with van der Waals surface area (Å²) in [7, 11) is 0. The highest BCUT2D eigenvalue weighted by molar-refractivity contribution is 7.09. The Kier molecular flexibility index (Phi) is 6.43. The fourth-order valence-electron chi connectivity index (χ4n) is 3.12. The predicted molar refractivity (Wildman–Crippen MR) is 98.7 cm³/mol. The first-order valence-corrected chi connectivity index (χ1v) is 9.71. The molecule has 1 fully saturated rings. The Morgan fingerprint density at radius 1 is 1.44 bits per heavy atom. The number of hydrogen-bond donors (Lipinski definition) is 1. The molecule has 6 nitrogen and oxygen atoms in total. The Balaban J connectivity index is 1.97. The van der Waals surface area contributed by atoms with Gasteiger partial charge >= 0.3 is 6.09 Å². The molecular weight excluding hydrogens is 338 g/mol. The maximum atomic E-state index is 12.8. The molecule has 1 aromatic rings. The van der Waals surface area contributed by atoms with Gasteiger partial charge in [0.1, 0.15) is 5.60 Å². The summed E-state index contributed by atoms with van der Waals surface area (Å²) < 4.78 is 5.30. The van der Waals surface area contributed by atoms with Crippen LogP contribution in [-0.2, 0) is 16.0 Å². The second-order valence-corrected chi connectivity index (χ2v) is 8.75. The summed E-state index contributed by atoms with van der Waals surface area (Å²) in [5, 5.41) is 5.73. The lowest BCUT2D eigenvalue weighted by molar-refractivity contribution is -0.135. The van der Waals surface area contributed by atoms with E-state index in [-0.39, 0.29) is 11.9 Å². The molecule has 1 aromatic heterocycles. The quantitative estimate of drug-likeness (QED) is 0.887. The highest BCUT2D eigenvalue weighted by atomic mass is 32.1. The second-order valence-electron chi connectivity index (χ2n) is 7.69. The van der Waals surface area contributed by atoms with E-state index in [1.54, 1.807) is 11.3 Å². The lowest BCUT2D eigenvalue weighted by Gasteiger charge is -2.40. The highest BCUT2D eigenvalue weighted by Crippen LogP contribution is 2.24. The van der Waals surface area contributed by atoms with Gasteiger partial charge in [-0.25, -0.2) is 9.78 Å². The van der Waals surface area contributed by atoms with Gasteiger partial charge in [0.15, 0.2) is 0 Å². The molecule has 1 saturated heterocycles. The Morgan fingerprint density at radius 3 is 2.76 bits per heavy atom. The molecule has 1 N–H and O–H groups in total. The number of carbonyl (C=O) groups excluding carboxylic acids is 2. The molecule has 140 valence electrons. The summed E-state index contributed by atoms with van der Waals surface area (Å²) in [6.45, 7) is 10.7. The molecular formula is C18H29N3O3S. The average molecular weight is 368 g/mol. The third-order valence-corrected chi connectivity index (χ3v) is 5.11. The van der Waals surface area contributed by atoms with E-state index >= 15 is 0 Å². The maximum Gasteiger partial charge on any atom is 0.407 e. The standard InChI is InChI=1S/C18H29N3O3S/c1-12-7-6-8-21(16(22)9-14-11-25-13(2)20-14)15(12)10-19-17(23)24-18(3,4)5/h11-12,15H,6-10H2,1-5H3,(H,19,23)/t12-,15+/m1/s1. The van der Waals surface area contributed by atoms with Gasteiger partial charge in [0.05, 0.1) is 23.2 Å². The van der Waals surface area contributed by atoms with Crippen molar-refractivity contribution >= 4 is 23.3 Å². The first-order valence-electron chi connectivity index (χ1n) is 8.83. The van der Waals surface area contributed by atoms with Crippen molar-refractivity contribution in [3.63, 3.8) is 0 Å². The van der Waals surface area contributed by atoms with Crippen LogP contribution in [0.5, 0.6) is 0 Å². The van der Waals surface area contributed by atoms with Crippen molar-refractivity contribution in [1.29, 1.82) is 0 Å². The van der Waals surface area contributed by atoms with Crippen LogP contribution in [0, 0.1) is 12.8 Å². The lowest BCUT2D eigenvalue weighted by Crippen LogP contribution is -2.53. The topological polar surface area (TPSA) is 71.5 Å². The molecule has 0 aromatic carbocycles. The predicted octanol–water partition coefficient (Wildman–Crippen LogP) is 3.15. The molecule has 2 amide bonds. The third kappa shape index (κ3) is 5.99. The van der Waals surface area contributed by atoms with E-state index in [1.165, 1.54) is 0 Å².